The van der Waals surface area contributed by atoms with E-state index in [4.69, 9.17) is 0 Å². The van der Waals surface area contributed by atoms with Gasteiger partial charge in [-0.3, -0.25) is 9.69 Å². The number of carbonyl (C=O) groups is 1. The molecule has 0 saturated carbocycles. The molecule has 0 unspecified atom stereocenters. The molecule has 0 aliphatic heterocycles. The molecule has 1 N–H and O–H groups in total. The van der Waals surface area contributed by atoms with E-state index >= 15 is 0 Å². The van der Waals surface area contributed by atoms with Crippen LogP contribution in [0.25, 0.3) is 10.2 Å². The van der Waals surface area contributed by atoms with E-state index in [0.717, 1.165) is 27.3 Å². The highest BCUT2D eigenvalue weighted by Gasteiger charge is 2.20. The number of hydrogen-bond acceptors (Lipinski definition) is 4. The minimum absolute atomic E-state index is 0.00339. The Morgan fingerprint density at radius 1 is 1.19 bits per heavy atom. The summed E-state index contributed by atoms with van der Waals surface area (Å²) in [6.45, 7) is 8.72. The minimum Gasteiger partial charge on any atom is -0.324 e. The van der Waals surface area contributed by atoms with Gasteiger partial charge in [-0.25, -0.2) is 4.98 Å². The van der Waals surface area contributed by atoms with Crippen LogP contribution in [0.4, 0.5) is 5.69 Å². The molecule has 2 aromatic carbocycles. The Hall–Kier alpha value is -2.24. The topological polar surface area (TPSA) is 45.2 Å². The van der Waals surface area contributed by atoms with Crippen LogP contribution >= 0.6 is 11.3 Å². The summed E-state index contributed by atoms with van der Waals surface area (Å²) in [4.78, 5) is 19.4. The molecule has 0 saturated heterocycles. The zero-order valence-electron chi connectivity index (χ0n) is 16.0. The van der Waals surface area contributed by atoms with Crippen LogP contribution in [0.2, 0.25) is 0 Å². The number of amides is 1. The van der Waals surface area contributed by atoms with Gasteiger partial charge in [0.15, 0.2) is 0 Å². The van der Waals surface area contributed by atoms with E-state index in [9.17, 15) is 4.79 Å². The maximum Gasteiger partial charge on any atom is 0.241 e. The highest BCUT2D eigenvalue weighted by molar-refractivity contribution is 7.18. The maximum absolute atomic E-state index is 12.7. The Morgan fingerprint density at radius 2 is 1.85 bits per heavy atom. The summed E-state index contributed by atoms with van der Waals surface area (Å²) < 4.78 is 1.18. The number of nitrogens with one attached hydrogen (secondary N) is 1. The van der Waals surface area contributed by atoms with E-state index < -0.39 is 0 Å². The molecule has 136 valence electrons. The summed E-state index contributed by atoms with van der Waals surface area (Å²) in [5.41, 5.74) is 5.33. The standard InChI is InChI=1S/C21H25N3OS/c1-13-10-14(2)20(15(3)11-13)23-21(25)16(4)24(5)12-19-22-17-8-6-7-9-18(17)26-19/h6-11,16H,12H2,1-5H3,(H,23,25)/t16-/m1/s1. The predicted molar refractivity (Wildman–Crippen MR) is 110 cm³/mol. The Balaban J connectivity index is 1.69. The molecule has 0 radical (unpaired) electrons. The number of rotatable bonds is 5. The monoisotopic (exact) mass is 367 g/mol. The molecule has 26 heavy (non-hydrogen) atoms. The van der Waals surface area contributed by atoms with E-state index in [1.165, 1.54) is 10.3 Å². The van der Waals surface area contributed by atoms with E-state index in [2.05, 4.69) is 35.4 Å². The molecule has 0 fully saturated rings. The first-order valence-electron chi connectivity index (χ1n) is 8.78. The second-order valence-corrected chi connectivity index (χ2v) is 8.04. The van der Waals surface area contributed by atoms with Crippen molar-refractivity contribution in [3.05, 3.63) is 58.1 Å². The molecule has 1 heterocycles. The maximum atomic E-state index is 12.7. The lowest BCUT2D eigenvalue weighted by Gasteiger charge is -2.24. The number of fused-ring (bicyclic) bond motifs is 1. The molecule has 0 aliphatic rings. The van der Waals surface area contributed by atoms with Gasteiger partial charge in [0.25, 0.3) is 0 Å². The molecule has 0 spiro atoms. The normalized spacial score (nSPS) is 12.5. The average Bonchev–Trinajstić information content (AvgIpc) is 2.99. The van der Waals surface area contributed by atoms with Crippen molar-refractivity contribution >= 4 is 33.1 Å². The van der Waals surface area contributed by atoms with E-state index in [1.54, 1.807) is 11.3 Å². The molecule has 1 aromatic heterocycles. The fraction of sp³-hybridized carbons (Fsp3) is 0.333. The van der Waals surface area contributed by atoms with Crippen LogP contribution in [0.1, 0.15) is 28.6 Å². The van der Waals surface area contributed by atoms with Gasteiger partial charge in [-0.1, -0.05) is 29.8 Å². The largest absolute Gasteiger partial charge is 0.324 e. The first-order valence-corrected chi connectivity index (χ1v) is 9.60. The second kappa shape index (κ2) is 7.56. The Morgan fingerprint density at radius 3 is 2.50 bits per heavy atom. The van der Waals surface area contributed by atoms with Crippen LogP contribution < -0.4 is 5.32 Å². The molecule has 4 nitrogen and oxygen atoms in total. The van der Waals surface area contributed by atoms with Crippen LogP contribution in [0, 0.1) is 20.8 Å². The lowest BCUT2D eigenvalue weighted by atomic mass is 10.0. The smallest absolute Gasteiger partial charge is 0.241 e. The van der Waals surface area contributed by atoms with Crippen molar-refractivity contribution in [1.82, 2.24) is 9.88 Å². The minimum atomic E-state index is -0.248. The summed E-state index contributed by atoms with van der Waals surface area (Å²) >= 11 is 1.68. The predicted octanol–water partition coefficient (Wildman–Crippen LogP) is 4.68. The van der Waals surface area contributed by atoms with Crippen LogP contribution in [-0.4, -0.2) is 28.9 Å². The summed E-state index contributed by atoms with van der Waals surface area (Å²) in [7, 11) is 1.96. The molecule has 0 aliphatic carbocycles. The van der Waals surface area contributed by atoms with Gasteiger partial charge in [-0.15, -0.1) is 11.3 Å². The Kier molecular flexibility index (Phi) is 5.39. The van der Waals surface area contributed by atoms with Crippen molar-refractivity contribution < 1.29 is 4.79 Å². The van der Waals surface area contributed by atoms with Gasteiger partial charge < -0.3 is 5.32 Å². The number of nitrogens with zero attached hydrogens (tertiary/aromatic N) is 2. The number of anilines is 1. The average molecular weight is 368 g/mol. The Bertz CT molecular complexity index is 891. The molecule has 1 atom stereocenters. The summed E-state index contributed by atoms with van der Waals surface area (Å²) in [6, 6.07) is 12.1. The molecule has 0 bridgehead atoms. The highest BCUT2D eigenvalue weighted by Crippen LogP contribution is 2.24. The molecular formula is C21H25N3OS. The first kappa shape index (κ1) is 18.5. The number of thiazole rings is 1. The van der Waals surface area contributed by atoms with Crippen LogP contribution in [0.3, 0.4) is 0 Å². The third kappa shape index (κ3) is 3.94. The van der Waals surface area contributed by atoms with Gasteiger partial charge >= 0.3 is 0 Å². The van der Waals surface area contributed by atoms with Crippen LogP contribution in [0.15, 0.2) is 36.4 Å². The van der Waals surface area contributed by atoms with Gasteiger partial charge in [0.05, 0.1) is 22.8 Å². The third-order valence-corrected chi connectivity index (χ3v) is 5.71. The van der Waals surface area contributed by atoms with Crippen molar-refractivity contribution in [3.63, 3.8) is 0 Å². The fourth-order valence-electron chi connectivity index (χ4n) is 3.14. The van der Waals surface area contributed by atoms with Gasteiger partial charge in [-0.05, 0) is 58.0 Å². The number of para-hydroxylation sites is 1. The van der Waals surface area contributed by atoms with Crippen LogP contribution in [-0.2, 0) is 11.3 Å². The third-order valence-electron chi connectivity index (χ3n) is 4.69. The van der Waals surface area contributed by atoms with Crippen molar-refractivity contribution in [1.29, 1.82) is 0 Å². The number of benzene rings is 2. The zero-order valence-corrected chi connectivity index (χ0v) is 16.8. The fourth-order valence-corrected chi connectivity index (χ4v) is 4.17. The summed E-state index contributed by atoms with van der Waals surface area (Å²) in [6.07, 6.45) is 0. The number of carbonyl (C=O) groups excluding carboxylic acids is 1. The molecular weight excluding hydrogens is 342 g/mol. The van der Waals surface area contributed by atoms with Gasteiger partial charge in [-0.2, -0.15) is 0 Å². The SMILES string of the molecule is Cc1cc(C)c(NC(=O)[C@@H](C)N(C)Cc2nc3ccccc3s2)c(C)c1. The number of aromatic nitrogens is 1. The number of hydrogen-bond donors (Lipinski definition) is 1. The van der Waals surface area contributed by atoms with E-state index in [0.29, 0.717) is 6.54 Å². The number of likely N-dealkylation sites (N-methyl/N-ethyl adjacent to an activating group) is 1. The van der Waals surface area contributed by atoms with E-state index in [-0.39, 0.29) is 11.9 Å². The molecule has 1 amide bonds. The summed E-state index contributed by atoms with van der Waals surface area (Å²) in [5, 5.41) is 4.13. The van der Waals surface area contributed by atoms with E-state index in [1.807, 2.05) is 50.9 Å². The quantitative estimate of drug-likeness (QED) is 0.712. The molecule has 3 aromatic rings. The zero-order chi connectivity index (χ0) is 18.8. The lowest BCUT2D eigenvalue weighted by molar-refractivity contribution is -0.120. The van der Waals surface area contributed by atoms with Gasteiger partial charge in [0.2, 0.25) is 5.91 Å². The van der Waals surface area contributed by atoms with Crippen molar-refractivity contribution in [3.8, 4) is 0 Å². The lowest BCUT2D eigenvalue weighted by Crippen LogP contribution is -2.39. The second-order valence-electron chi connectivity index (χ2n) is 6.93. The highest BCUT2D eigenvalue weighted by atomic mass is 32.1. The Labute approximate surface area is 158 Å². The first-order chi connectivity index (χ1) is 12.3. The van der Waals surface area contributed by atoms with Gasteiger partial charge in [0.1, 0.15) is 5.01 Å². The van der Waals surface area contributed by atoms with Crippen molar-refractivity contribution in [2.75, 3.05) is 12.4 Å². The number of aryl methyl sites for hydroxylation is 3. The van der Waals surface area contributed by atoms with Crippen molar-refractivity contribution in [2.45, 2.75) is 40.3 Å². The molecule has 3 rings (SSSR count). The summed E-state index contributed by atoms with van der Waals surface area (Å²) in [5.74, 6) is 0.00339. The molecule has 5 heteroatoms. The van der Waals surface area contributed by atoms with Crippen LogP contribution in [0.5, 0.6) is 0 Å². The van der Waals surface area contributed by atoms with Crippen molar-refractivity contribution in [2.24, 2.45) is 0 Å². The van der Waals surface area contributed by atoms with Gasteiger partial charge in [0, 0.05) is 5.69 Å².